The number of benzene rings is 1. The van der Waals surface area contributed by atoms with E-state index in [1.54, 1.807) is 49.1 Å². The first kappa shape index (κ1) is 26.2. The summed E-state index contributed by atoms with van der Waals surface area (Å²) < 4.78 is 16.7. The number of nitrogens with one attached hydrogen (secondary N) is 1. The number of aromatic nitrogens is 1. The number of carbonyl (C=O) groups is 3. The number of hydrogen-bond donors (Lipinski definition) is 1. The van der Waals surface area contributed by atoms with Gasteiger partial charge < -0.3 is 29.1 Å². The molecule has 0 aliphatic carbocycles. The number of amides is 3. The van der Waals surface area contributed by atoms with Gasteiger partial charge in [0.1, 0.15) is 18.1 Å². The molecule has 2 aromatic rings. The number of ether oxygens (including phenoxy) is 2. The molecule has 0 unspecified atom stereocenters. The second-order valence-electron chi connectivity index (χ2n) is 8.98. The van der Waals surface area contributed by atoms with E-state index in [-0.39, 0.29) is 42.2 Å². The topological polar surface area (TPSA) is 114 Å². The zero-order valence-electron chi connectivity index (χ0n) is 21.2. The molecular weight excluding hydrogens is 452 g/mol. The highest BCUT2D eigenvalue weighted by atomic mass is 16.5. The Hall–Kier alpha value is -3.40. The van der Waals surface area contributed by atoms with Crippen LogP contribution in [0.15, 0.2) is 28.8 Å². The summed E-state index contributed by atoms with van der Waals surface area (Å²) in [6.07, 6.45) is 0.123. The zero-order chi connectivity index (χ0) is 25.7. The van der Waals surface area contributed by atoms with Crippen LogP contribution >= 0.6 is 0 Å². The van der Waals surface area contributed by atoms with Crippen LogP contribution in [-0.2, 0) is 9.53 Å². The number of nitrogens with zero attached hydrogens (tertiary/aromatic N) is 3. The molecule has 1 aliphatic rings. The minimum atomic E-state index is -0.441. The summed E-state index contributed by atoms with van der Waals surface area (Å²) in [4.78, 5) is 41.9. The Morgan fingerprint density at radius 3 is 2.60 bits per heavy atom. The van der Waals surface area contributed by atoms with E-state index in [1.807, 2.05) is 20.8 Å². The Morgan fingerprint density at radius 2 is 1.97 bits per heavy atom. The van der Waals surface area contributed by atoms with Crippen molar-refractivity contribution < 1.29 is 28.4 Å². The van der Waals surface area contributed by atoms with E-state index >= 15 is 0 Å². The highest BCUT2D eigenvalue weighted by Crippen LogP contribution is 2.27. The lowest BCUT2D eigenvalue weighted by Crippen LogP contribution is -2.48. The number of fused-ring (bicyclic) bond motifs is 1. The van der Waals surface area contributed by atoms with Gasteiger partial charge in [-0.05, 0) is 26.0 Å². The number of rotatable bonds is 4. The average molecular weight is 487 g/mol. The third kappa shape index (κ3) is 6.19. The Balaban J connectivity index is 1.94. The zero-order valence-corrected chi connectivity index (χ0v) is 21.2. The smallest absolute Gasteiger partial charge is 0.277 e. The third-order valence-electron chi connectivity index (χ3n) is 6.19. The molecule has 1 aliphatic heterocycles. The van der Waals surface area contributed by atoms with Crippen molar-refractivity contribution in [3.8, 4) is 5.75 Å². The molecule has 10 nitrogen and oxygen atoms in total. The van der Waals surface area contributed by atoms with Crippen LogP contribution in [-0.4, -0.2) is 78.7 Å². The first-order valence-electron chi connectivity index (χ1n) is 11.7. The molecule has 3 amide bonds. The Morgan fingerprint density at radius 1 is 1.23 bits per heavy atom. The van der Waals surface area contributed by atoms with Gasteiger partial charge in [0.05, 0.1) is 17.7 Å². The van der Waals surface area contributed by atoms with Crippen molar-refractivity contribution in [1.82, 2.24) is 15.0 Å². The Bertz CT molecular complexity index is 1070. The van der Waals surface area contributed by atoms with Crippen molar-refractivity contribution in [2.24, 2.45) is 5.92 Å². The van der Waals surface area contributed by atoms with Crippen LogP contribution < -0.4 is 10.1 Å². The molecule has 2 heterocycles. The van der Waals surface area contributed by atoms with E-state index in [2.05, 4.69) is 10.5 Å². The predicted molar refractivity (Wildman–Crippen MR) is 130 cm³/mol. The van der Waals surface area contributed by atoms with Crippen LogP contribution in [0.1, 0.15) is 53.8 Å². The normalized spacial score (nSPS) is 21.4. The summed E-state index contributed by atoms with van der Waals surface area (Å²) in [6.45, 7) is 8.48. The first-order chi connectivity index (χ1) is 16.6. The molecular formula is C25H34N4O6. The molecule has 190 valence electrons. The molecule has 0 fully saturated rings. The Labute approximate surface area is 205 Å². The maximum absolute atomic E-state index is 13.3. The van der Waals surface area contributed by atoms with Crippen LogP contribution in [0.5, 0.6) is 5.75 Å². The largest absolute Gasteiger partial charge is 0.491 e. The number of methoxy groups -OCH3 is 1. The standard InChI is InChI=1S/C25H34N4O6/c1-7-23(30)29-12-15(2)22(33-6)13-28(5)25(32)19-9-8-18(11-21(19)34-14-16(29)3)26-24(31)20-10-17(4)35-27-20/h8-11,15-16,22H,7,12-14H2,1-6H3,(H,26,31)/t15-,16-,22-/m1/s1. The number of likely N-dealkylation sites (N-methyl/N-ethyl adjacent to an activating group) is 1. The van der Waals surface area contributed by atoms with Gasteiger partial charge in [-0.3, -0.25) is 14.4 Å². The molecule has 0 spiro atoms. The Kier molecular flexibility index (Phi) is 8.50. The van der Waals surface area contributed by atoms with E-state index < -0.39 is 5.91 Å². The average Bonchev–Trinajstić information content (AvgIpc) is 3.29. The minimum absolute atomic E-state index is 0.00449. The fourth-order valence-electron chi connectivity index (χ4n) is 4.07. The summed E-state index contributed by atoms with van der Waals surface area (Å²) >= 11 is 0. The molecule has 3 atom stereocenters. The lowest BCUT2D eigenvalue weighted by atomic mass is 10.0. The van der Waals surface area contributed by atoms with E-state index in [9.17, 15) is 14.4 Å². The summed E-state index contributed by atoms with van der Waals surface area (Å²) in [5, 5.41) is 6.48. The lowest BCUT2D eigenvalue weighted by Gasteiger charge is -2.36. The third-order valence-corrected chi connectivity index (χ3v) is 6.19. The second kappa shape index (κ2) is 11.4. The van der Waals surface area contributed by atoms with Gasteiger partial charge in [-0.25, -0.2) is 0 Å². The fourth-order valence-corrected chi connectivity index (χ4v) is 4.07. The fraction of sp³-hybridized carbons (Fsp3) is 0.520. The second-order valence-corrected chi connectivity index (χ2v) is 8.98. The minimum Gasteiger partial charge on any atom is -0.491 e. The number of carbonyl (C=O) groups excluding carboxylic acids is 3. The van der Waals surface area contributed by atoms with Crippen molar-refractivity contribution in [2.45, 2.75) is 46.3 Å². The number of hydrogen-bond acceptors (Lipinski definition) is 7. The van der Waals surface area contributed by atoms with Gasteiger partial charge in [0, 0.05) is 57.4 Å². The van der Waals surface area contributed by atoms with Crippen LogP contribution in [0.4, 0.5) is 5.69 Å². The lowest BCUT2D eigenvalue weighted by molar-refractivity contribution is -0.135. The maximum atomic E-state index is 13.3. The van der Waals surface area contributed by atoms with Gasteiger partial charge >= 0.3 is 0 Å². The molecule has 0 saturated heterocycles. The number of anilines is 1. The maximum Gasteiger partial charge on any atom is 0.277 e. The van der Waals surface area contributed by atoms with Crippen molar-refractivity contribution in [1.29, 1.82) is 0 Å². The molecule has 1 aromatic carbocycles. The van der Waals surface area contributed by atoms with Crippen LogP contribution in [0.25, 0.3) is 0 Å². The molecule has 1 N–H and O–H groups in total. The molecule has 35 heavy (non-hydrogen) atoms. The quantitative estimate of drug-likeness (QED) is 0.707. The van der Waals surface area contributed by atoms with Crippen molar-refractivity contribution in [3.05, 3.63) is 41.3 Å². The number of aryl methyl sites for hydroxylation is 1. The highest BCUT2D eigenvalue weighted by molar-refractivity contribution is 6.03. The van der Waals surface area contributed by atoms with Crippen LogP contribution in [0, 0.1) is 12.8 Å². The van der Waals surface area contributed by atoms with Crippen LogP contribution in [0.2, 0.25) is 0 Å². The molecule has 1 aromatic heterocycles. The molecule has 0 bridgehead atoms. The molecule has 0 radical (unpaired) electrons. The first-order valence-corrected chi connectivity index (χ1v) is 11.7. The monoisotopic (exact) mass is 486 g/mol. The molecule has 3 rings (SSSR count). The van der Waals surface area contributed by atoms with E-state index in [0.29, 0.717) is 42.3 Å². The highest BCUT2D eigenvalue weighted by Gasteiger charge is 2.30. The molecule has 10 heteroatoms. The SMILES string of the molecule is CCC(=O)N1C[C@@H](C)[C@H](OC)CN(C)C(=O)c2ccc(NC(=O)c3cc(C)on3)cc2OC[C@H]1C. The van der Waals surface area contributed by atoms with Gasteiger partial charge in [-0.2, -0.15) is 0 Å². The van der Waals surface area contributed by atoms with Gasteiger partial charge in [0.15, 0.2) is 5.69 Å². The van der Waals surface area contributed by atoms with Gasteiger partial charge in [0.2, 0.25) is 5.91 Å². The summed E-state index contributed by atoms with van der Waals surface area (Å²) in [5.41, 5.74) is 0.940. The summed E-state index contributed by atoms with van der Waals surface area (Å²) in [6, 6.07) is 6.16. The van der Waals surface area contributed by atoms with Crippen molar-refractivity contribution >= 4 is 23.4 Å². The van der Waals surface area contributed by atoms with Crippen molar-refractivity contribution in [2.75, 3.05) is 39.2 Å². The van der Waals surface area contributed by atoms with Gasteiger partial charge in [-0.15, -0.1) is 0 Å². The van der Waals surface area contributed by atoms with E-state index in [1.165, 1.54) is 6.07 Å². The summed E-state index contributed by atoms with van der Waals surface area (Å²) in [5.74, 6) is 0.193. The predicted octanol–water partition coefficient (Wildman–Crippen LogP) is 2.98. The van der Waals surface area contributed by atoms with Crippen molar-refractivity contribution in [3.63, 3.8) is 0 Å². The van der Waals surface area contributed by atoms with E-state index in [0.717, 1.165) is 0 Å². The summed E-state index contributed by atoms with van der Waals surface area (Å²) in [7, 11) is 3.32. The van der Waals surface area contributed by atoms with E-state index in [4.69, 9.17) is 14.0 Å². The van der Waals surface area contributed by atoms with Crippen LogP contribution in [0.3, 0.4) is 0 Å². The molecule has 0 saturated carbocycles. The van der Waals surface area contributed by atoms with Gasteiger partial charge in [0.25, 0.3) is 11.8 Å². The van der Waals surface area contributed by atoms with Gasteiger partial charge in [-0.1, -0.05) is 19.0 Å².